The van der Waals surface area contributed by atoms with E-state index in [9.17, 15) is 8.78 Å². The fraction of sp³-hybridized carbons (Fsp3) is 0.238. The Kier molecular flexibility index (Phi) is 5.92. The SMILES string of the molecule is NC1CNCC(c2ccc(OC(F)F)nc2)(c2cccc(-c3cncc(Cl)c3)c2)O1. The molecule has 1 aromatic carbocycles. The minimum Gasteiger partial charge on any atom is -0.417 e. The highest BCUT2D eigenvalue weighted by atomic mass is 35.5. The number of halogens is 3. The molecule has 2 unspecified atom stereocenters. The number of benzene rings is 1. The van der Waals surface area contributed by atoms with Crippen LogP contribution >= 0.6 is 11.6 Å². The van der Waals surface area contributed by atoms with Gasteiger partial charge in [0, 0.05) is 48.9 Å². The molecule has 1 saturated heterocycles. The van der Waals surface area contributed by atoms with Crippen LogP contribution < -0.4 is 15.8 Å². The maximum absolute atomic E-state index is 12.5. The van der Waals surface area contributed by atoms with Crippen LogP contribution in [0.5, 0.6) is 5.88 Å². The fourth-order valence-electron chi connectivity index (χ4n) is 3.54. The number of ether oxygens (including phenoxy) is 2. The summed E-state index contributed by atoms with van der Waals surface area (Å²) in [5, 5.41) is 3.81. The van der Waals surface area contributed by atoms with Crippen molar-refractivity contribution in [2.45, 2.75) is 18.4 Å². The van der Waals surface area contributed by atoms with E-state index in [4.69, 9.17) is 22.1 Å². The van der Waals surface area contributed by atoms with Crippen molar-refractivity contribution in [1.82, 2.24) is 15.3 Å². The third-order valence-corrected chi connectivity index (χ3v) is 5.06. The normalized spacial score (nSPS) is 21.6. The van der Waals surface area contributed by atoms with E-state index >= 15 is 0 Å². The number of nitrogens with zero attached hydrogens (tertiary/aromatic N) is 2. The maximum Gasteiger partial charge on any atom is 0.388 e. The largest absolute Gasteiger partial charge is 0.417 e. The zero-order chi connectivity index (χ0) is 21.1. The van der Waals surface area contributed by atoms with Gasteiger partial charge in [0.1, 0.15) is 11.8 Å². The second-order valence-corrected chi connectivity index (χ2v) is 7.29. The number of rotatable bonds is 5. The molecule has 0 bridgehead atoms. The van der Waals surface area contributed by atoms with Gasteiger partial charge >= 0.3 is 6.61 Å². The number of morpholine rings is 1. The molecule has 6 nitrogen and oxygen atoms in total. The van der Waals surface area contributed by atoms with Gasteiger partial charge in [-0.1, -0.05) is 29.8 Å². The molecule has 3 N–H and O–H groups in total. The first kappa shape index (κ1) is 20.6. The molecule has 9 heteroatoms. The van der Waals surface area contributed by atoms with Gasteiger partial charge in [0.05, 0.1) is 5.02 Å². The monoisotopic (exact) mass is 432 g/mol. The van der Waals surface area contributed by atoms with Gasteiger partial charge in [-0.05, 0) is 29.3 Å². The van der Waals surface area contributed by atoms with Crippen molar-refractivity contribution in [3.05, 3.63) is 77.2 Å². The van der Waals surface area contributed by atoms with Gasteiger partial charge < -0.3 is 20.5 Å². The Labute approximate surface area is 177 Å². The molecule has 156 valence electrons. The Morgan fingerprint density at radius 1 is 1.13 bits per heavy atom. The molecule has 1 fully saturated rings. The number of nitrogens with one attached hydrogen (secondary N) is 1. The topological polar surface area (TPSA) is 82.3 Å². The Morgan fingerprint density at radius 3 is 2.70 bits per heavy atom. The van der Waals surface area contributed by atoms with Crippen LogP contribution in [0.2, 0.25) is 5.02 Å². The number of aromatic nitrogens is 2. The molecule has 2 aromatic heterocycles. The lowest BCUT2D eigenvalue weighted by atomic mass is 9.84. The molecule has 1 aliphatic rings. The summed E-state index contributed by atoms with van der Waals surface area (Å²) in [6.07, 6.45) is 4.19. The molecule has 0 radical (unpaired) electrons. The smallest absolute Gasteiger partial charge is 0.388 e. The van der Waals surface area contributed by atoms with Crippen LogP contribution in [-0.4, -0.2) is 35.9 Å². The average Bonchev–Trinajstić information content (AvgIpc) is 2.74. The maximum atomic E-state index is 12.5. The highest BCUT2D eigenvalue weighted by Gasteiger charge is 2.40. The molecular weight excluding hydrogens is 414 g/mol. The molecule has 0 spiro atoms. The molecular formula is C21H19ClF2N4O2. The molecule has 4 rings (SSSR count). The lowest BCUT2D eigenvalue weighted by Crippen LogP contribution is -2.55. The van der Waals surface area contributed by atoms with Crippen LogP contribution in [0.3, 0.4) is 0 Å². The minimum atomic E-state index is -2.94. The van der Waals surface area contributed by atoms with Crippen molar-refractivity contribution in [1.29, 1.82) is 0 Å². The number of hydrogen-bond donors (Lipinski definition) is 2. The zero-order valence-corrected chi connectivity index (χ0v) is 16.5. The van der Waals surface area contributed by atoms with Crippen molar-refractivity contribution >= 4 is 11.6 Å². The summed E-state index contributed by atoms with van der Waals surface area (Å²) in [6, 6.07) is 12.6. The molecule has 3 heterocycles. The van der Waals surface area contributed by atoms with E-state index in [-0.39, 0.29) is 5.88 Å². The Morgan fingerprint density at radius 2 is 2.00 bits per heavy atom. The van der Waals surface area contributed by atoms with Crippen molar-refractivity contribution in [3.63, 3.8) is 0 Å². The van der Waals surface area contributed by atoms with Gasteiger partial charge in [-0.25, -0.2) is 4.98 Å². The second kappa shape index (κ2) is 8.61. The quantitative estimate of drug-likeness (QED) is 0.641. The molecule has 0 aliphatic carbocycles. The molecule has 0 amide bonds. The van der Waals surface area contributed by atoms with Crippen LogP contribution in [0.1, 0.15) is 11.1 Å². The summed E-state index contributed by atoms with van der Waals surface area (Å²) in [7, 11) is 0. The van der Waals surface area contributed by atoms with Crippen LogP contribution in [-0.2, 0) is 10.3 Å². The van der Waals surface area contributed by atoms with E-state index in [1.807, 2.05) is 30.3 Å². The van der Waals surface area contributed by atoms with E-state index in [0.717, 1.165) is 16.7 Å². The van der Waals surface area contributed by atoms with E-state index in [1.54, 1.807) is 18.5 Å². The van der Waals surface area contributed by atoms with E-state index in [1.165, 1.54) is 12.3 Å². The summed E-state index contributed by atoms with van der Waals surface area (Å²) in [6.45, 7) is -2.03. The average molecular weight is 433 g/mol. The third-order valence-electron chi connectivity index (χ3n) is 4.85. The predicted molar refractivity (Wildman–Crippen MR) is 108 cm³/mol. The summed E-state index contributed by atoms with van der Waals surface area (Å²) in [5.41, 5.74) is 8.37. The summed E-state index contributed by atoms with van der Waals surface area (Å²) >= 11 is 6.09. The summed E-state index contributed by atoms with van der Waals surface area (Å²) in [4.78, 5) is 8.15. The van der Waals surface area contributed by atoms with Crippen LogP contribution in [0.25, 0.3) is 11.1 Å². The van der Waals surface area contributed by atoms with Crippen LogP contribution in [0.15, 0.2) is 61.1 Å². The first-order valence-corrected chi connectivity index (χ1v) is 9.61. The lowest BCUT2D eigenvalue weighted by molar-refractivity contribution is -0.0933. The standard InChI is InChI=1S/C21H19ClF2N4O2/c22-17-7-14(8-26-10-17)13-2-1-3-15(6-13)21(12-27-11-18(25)30-21)16-4-5-19(28-9-16)29-20(23)24/h1-10,18,20,27H,11-12,25H2. The van der Waals surface area contributed by atoms with Crippen molar-refractivity contribution in [3.8, 4) is 17.0 Å². The van der Waals surface area contributed by atoms with Gasteiger partial charge in [0.15, 0.2) is 0 Å². The van der Waals surface area contributed by atoms with Gasteiger partial charge in [0.25, 0.3) is 0 Å². The van der Waals surface area contributed by atoms with E-state index in [2.05, 4.69) is 20.0 Å². The molecule has 3 aromatic rings. The Balaban J connectivity index is 1.77. The highest BCUT2D eigenvalue weighted by Crippen LogP contribution is 2.37. The highest BCUT2D eigenvalue weighted by molar-refractivity contribution is 6.30. The van der Waals surface area contributed by atoms with Gasteiger partial charge in [-0.2, -0.15) is 8.78 Å². The Bertz CT molecular complexity index is 1020. The van der Waals surface area contributed by atoms with Crippen LogP contribution in [0.4, 0.5) is 8.78 Å². The fourth-order valence-corrected chi connectivity index (χ4v) is 3.71. The zero-order valence-electron chi connectivity index (χ0n) is 15.8. The number of pyridine rings is 2. The minimum absolute atomic E-state index is 0.171. The van der Waals surface area contributed by atoms with Crippen molar-refractivity contribution in [2.24, 2.45) is 5.73 Å². The van der Waals surface area contributed by atoms with Crippen molar-refractivity contribution < 1.29 is 18.3 Å². The third kappa shape index (κ3) is 4.27. The number of hydrogen-bond acceptors (Lipinski definition) is 6. The lowest BCUT2D eigenvalue weighted by Gasteiger charge is -2.41. The van der Waals surface area contributed by atoms with Crippen LogP contribution in [0, 0.1) is 0 Å². The molecule has 0 saturated carbocycles. The van der Waals surface area contributed by atoms with E-state index < -0.39 is 18.4 Å². The first-order valence-electron chi connectivity index (χ1n) is 9.23. The number of alkyl halides is 2. The Hall–Kier alpha value is -2.65. The summed E-state index contributed by atoms with van der Waals surface area (Å²) < 4.78 is 35.5. The molecule has 30 heavy (non-hydrogen) atoms. The van der Waals surface area contributed by atoms with Gasteiger partial charge in [-0.3, -0.25) is 4.98 Å². The van der Waals surface area contributed by atoms with Gasteiger partial charge in [0.2, 0.25) is 5.88 Å². The van der Waals surface area contributed by atoms with Gasteiger partial charge in [-0.15, -0.1) is 0 Å². The molecule has 2 atom stereocenters. The van der Waals surface area contributed by atoms with E-state index in [0.29, 0.717) is 23.7 Å². The van der Waals surface area contributed by atoms with Crippen molar-refractivity contribution in [2.75, 3.05) is 13.1 Å². The number of nitrogens with two attached hydrogens (primary N) is 1. The first-order chi connectivity index (χ1) is 14.5. The second-order valence-electron chi connectivity index (χ2n) is 6.85. The predicted octanol–water partition coefficient (Wildman–Crippen LogP) is 3.55. The summed E-state index contributed by atoms with van der Waals surface area (Å²) in [5.74, 6) is -0.171. The molecule has 1 aliphatic heterocycles.